The minimum absolute atomic E-state index is 0.286. The van der Waals surface area contributed by atoms with E-state index in [-0.39, 0.29) is 5.91 Å². The summed E-state index contributed by atoms with van der Waals surface area (Å²) in [7, 11) is 0. The second-order valence-corrected chi connectivity index (χ2v) is 2.84. The Labute approximate surface area is 81.5 Å². The first-order valence-corrected chi connectivity index (χ1v) is 5.33. The topological polar surface area (TPSA) is 32.3 Å². The van der Waals surface area contributed by atoms with Gasteiger partial charge in [-0.15, -0.1) is 0 Å². The van der Waals surface area contributed by atoms with Crippen molar-refractivity contribution in [3.8, 4) is 0 Å². The van der Waals surface area contributed by atoms with E-state index in [0.717, 1.165) is 32.6 Å². The summed E-state index contributed by atoms with van der Waals surface area (Å²) in [6.45, 7) is 9.73. The zero-order valence-electron chi connectivity index (χ0n) is 9.10. The molecule has 0 aliphatic carbocycles. The molecule has 0 radical (unpaired) electrons. The lowest BCUT2D eigenvalue weighted by Gasteiger charge is -2.18. The Bertz CT molecular complexity index is 129. The lowest BCUT2D eigenvalue weighted by molar-refractivity contribution is -0.130. The van der Waals surface area contributed by atoms with Gasteiger partial charge in [0.2, 0.25) is 5.91 Å². The molecule has 78 valence electrons. The first-order chi connectivity index (χ1) is 6.34. The summed E-state index contributed by atoms with van der Waals surface area (Å²) in [5.41, 5.74) is 0. The van der Waals surface area contributed by atoms with E-state index < -0.39 is 0 Å². The molecule has 0 aromatic rings. The van der Waals surface area contributed by atoms with Gasteiger partial charge in [-0.1, -0.05) is 20.8 Å². The number of rotatable bonds is 1. The predicted octanol–water partition coefficient (Wildman–Crippen LogP) is 1.24. The maximum Gasteiger partial charge on any atom is 0.222 e. The highest BCUT2D eigenvalue weighted by Crippen LogP contribution is 1.97. The number of nitrogens with one attached hydrogen (secondary N) is 1. The van der Waals surface area contributed by atoms with Crippen molar-refractivity contribution in [3.05, 3.63) is 0 Å². The van der Waals surface area contributed by atoms with Crippen LogP contribution in [0.1, 0.15) is 33.6 Å². The monoisotopic (exact) mass is 186 g/mol. The SMILES string of the molecule is CC.CCC(=O)N1CCCNCC1. The molecule has 1 fully saturated rings. The molecular formula is C10H22N2O. The number of amides is 1. The van der Waals surface area contributed by atoms with Crippen LogP contribution in [0.2, 0.25) is 0 Å². The summed E-state index contributed by atoms with van der Waals surface area (Å²) >= 11 is 0. The molecule has 1 rings (SSSR count). The van der Waals surface area contributed by atoms with Crippen molar-refractivity contribution in [1.82, 2.24) is 10.2 Å². The van der Waals surface area contributed by atoms with Gasteiger partial charge in [0.05, 0.1) is 0 Å². The van der Waals surface area contributed by atoms with Crippen LogP contribution in [0, 0.1) is 0 Å². The molecule has 0 saturated carbocycles. The highest BCUT2D eigenvalue weighted by molar-refractivity contribution is 5.75. The van der Waals surface area contributed by atoms with Crippen molar-refractivity contribution in [2.24, 2.45) is 0 Å². The summed E-state index contributed by atoms with van der Waals surface area (Å²) in [5.74, 6) is 0.286. The van der Waals surface area contributed by atoms with E-state index >= 15 is 0 Å². The van der Waals surface area contributed by atoms with E-state index in [1.165, 1.54) is 0 Å². The Morgan fingerprint density at radius 2 is 2.00 bits per heavy atom. The summed E-state index contributed by atoms with van der Waals surface area (Å²) in [5, 5.41) is 3.26. The second-order valence-electron chi connectivity index (χ2n) is 2.84. The Morgan fingerprint density at radius 1 is 1.31 bits per heavy atom. The Kier molecular flexibility index (Phi) is 7.69. The molecule has 0 unspecified atom stereocenters. The fourth-order valence-electron chi connectivity index (χ4n) is 1.32. The largest absolute Gasteiger partial charge is 0.341 e. The van der Waals surface area contributed by atoms with Crippen molar-refractivity contribution in [1.29, 1.82) is 0 Å². The maximum absolute atomic E-state index is 11.2. The third-order valence-corrected chi connectivity index (χ3v) is 2.00. The number of carbonyl (C=O) groups excluding carboxylic acids is 1. The van der Waals surface area contributed by atoms with Crippen molar-refractivity contribution in [2.45, 2.75) is 33.6 Å². The van der Waals surface area contributed by atoms with Crippen LogP contribution < -0.4 is 5.32 Å². The molecular weight excluding hydrogens is 164 g/mol. The molecule has 0 atom stereocenters. The van der Waals surface area contributed by atoms with E-state index in [1.54, 1.807) is 0 Å². The van der Waals surface area contributed by atoms with Crippen LogP contribution in [0.4, 0.5) is 0 Å². The summed E-state index contributed by atoms with van der Waals surface area (Å²) in [6, 6.07) is 0. The fourth-order valence-corrected chi connectivity index (χ4v) is 1.32. The molecule has 1 heterocycles. The van der Waals surface area contributed by atoms with Gasteiger partial charge in [-0.3, -0.25) is 4.79 Å². The van der Waals surface area contributed by atoms with Crippen LogP contribution in [0.15, 0.2) is 0 Å². The minimum Gasteiger partial charge on any atom is -0.341 e. The lowest BCUT2D eigenvalue weighted by atomic mass is 10.3. The van der Waals surface area contributed by atoms with Crippen molar-refractivity contribution < 1.29 is 4.79 Å². The average molecular weight is 186 g/mol. The van der Waals surface area contributed by atoms with E-state index in [0.29, 0.717) is 6.42 Å². The summed E-state index contributed by atoms with van der Waals surface area (Å²) in [6.07, 6.45) is 1.73. The second kappa shape index (κ2) is 8.05. The van der Waals surface area contributed by atoms with E-state index in [9.17, 15) is 4.79 Å². The molecule has 1 aliphatic rings. The van der Waals surface area contributed by atoms with Crippen LogP contribution in [0.3, 0.4) is 0 Å². The summed E-state index contributed by atoms with van der Waals surface area (Å²) < 4.78 is 0. The van der Waals surface area contributed by atoms with Crippen LogP contribution in [0.5, 0.6) is 0 Å². The third-order valence-electron chi connectivity index (χ3n) is 2.00. The van der Waals surface area contributed by atoms with Crippen molar-refractivity contribution >= 4 is 5.91 Å². The molecule has 1 amide bonds. The summed E-state index contributed by atoms with van der Waals surface area (Å²) in [4.78, 5) is 13.2. The smallest absolute Gasteiger partial charge is 0.222 e. The fraction of sp³-hybridized carbons (Fsp3) is 0.900. The molecule has 0 aromatic heterocycles. The van der Waals surface area contributed by atoms with Crippen molar-refractivity contribution in [3.63, 3.8) is 0 Å². The number of hydrogen-bond acceptors (Lipinski definition) is 2. The molecule has 3 nitrogen and oxygen atoms in total. The van der Waals surface area contributed by atoms with Crippen LogP contribution in [-0.4, -0.2) is 37.0 Å². The number of hydrogen-bond donors (Lipinski definition) is 1. The maximum atomic E-state index is 11.2. The van der Waals surface area contributed by atoms with Gasteiger partial charge in [0.25, 0.3) is 0 Å². The quantitative estimate of drug-likeness (QED) is 0.668. The minimum atomic E-state index is 0.286. The lowest BCUT2D eigenvalue weighted by Crippen LogP contribution is -2.33. The number of carbonyl (C=O) groups is 1. The zero-order valence-corrected chi connectivity index (χ0v) is 9.10. The molecule has 1 aliphatic heterocycles. The predicted molar refractivity (Wildman–Crippen MR) is 55.7 cm³/mol. The van der Waals surface area contributed by atoms with E-state index in [2.05, 4.69) is 5.32 Å². The van der Waals surface area contributed by atoms with Crippen molar-refractivity contribution in [2.75, 3.05) is 26.2 Å². The average Bonchev–Trinajstić information content (AvgIpc) is 2.48. The molecule has 3 heteroatoms. The van der Waals surface area contributed by atoms with Crippen LogP contribution in [0.25, 0.3) is 0 Å². The van der Waals surface area contributed by atoms with E-state index in [4.69, 9.17) is 0 Å². The first-order valence-electron chi connectivity index (χ1n) is 5.33. The molecule has 1 N–H and O–H groups in total. The van der Waals surface area contributed by atoms with Crippen LogP contribution >= 0.6 is 0 Å². The molecule has 0 aromatic carbocycles. The van der Waals surface area contributed by atoms with Gasteiger partial charge in [-0.2, -0.15) is 0 Å². The third kappa shape index (κ3) is 4.88. The van der Waals surface area contributed by atoms with Gasteiger partial charge in [0.15, 0.2) is 0 Å². The first kappa shape index (κ1) is 12.4. The molecule has 1 saturated heterocycles. The molecule has 13 heavy (non-hydrogen) atoms. The molecule has 0 bridgehead atoms. The van der Waals surface area contributed by atoms with Gasteiger partial charge < -0.3 is 10.2 Å². The highest BCUT2D eigenvalue weighted by atomic mass is 16.2. The van der Waals surface area contributed by atoms with Crippen LogP contribution in [-0.2, 0) is 4.79 Å². The highest BCUT2D eigenvalue weighted by Gasteiger charge is 2.12. The number of nitrogens with zero attached hydrogens (tertiary/aromatic N) is 1. The van der Waals surface area contributed by atoms with Gasteiger partial charge >= 0.3 is 0 Å². The Morgan fingerprint density at radius 3 is 2.62 bits per heavy atom. The zero-order chi connectivity index (χ0) is 10.1. The van der Waals surface area contributed by atoms with Gasteiger partial charge in [0.1, 0.15) is 0 Å². The van der Waals surface area contributed by atoms with Gasteiger partial charge in [0, 0.05) is 26.1 Å². The Balaban J connectivity index is 0.000000671. The standard InChI is InChI=1S/C8H16N2O.C2H6/c1-2-8(11)10-6-3-4-9-5-7-10;1-2/h9H,2-7H2,1H3;1-2H3. The van der Waals surface area contributed by atoms with E-state index in [1.807, 2.05) is 25.7 Å². The normalized spacial score (nSPS) is 17.0. The Hall–Kier alpha value is -0.570. The van der Waals surface area contributed by atoms with Gasteiger partial charge in [-0.25, -0.2) is 0 Å². The van der Waals surface area contributed by atoms with Gasteiger partial charge in [-0.05, 0) is 13.0 Å². The molecule has 0 spiro atoms.